The highest BCUT2D eigenvalue weighted by molar-refractivity contribution is 5.95. The number of nitrogens with one attached hydrogen (secondary N) is 5. The standard InChI is InChI=1S/C28H42FN7O8/c1-15(23(31)40)33-27(44)19(10-11-22(38)39)35-21(37)14-32-26(43)20(13-28(3,4)29)36-24(41)16(2)34-25(42)18(30)12-17-8-6-5-7-9-17/h5-9,15-16,18-20H,10-14,30H2,1-4H3,(H2,31,40)(H,32,43)(H,33,44)(H,34,42)(H,35,37)(H,36,41)(H,38,39)/t15-,16-,18-,19-,20-/m0/s1/i29-1. The molecule has 44 heavy (non-hydrogen) atoms. The molecule has 0 aliphatic heterocycles. The zero-order valence-electron chi connectivity index (χ0n) is 25.1. The molecule has 0 aliphatic carbocycles. The molecular weight excluding hydrogens is 580 g/mol. The van der Waals surface area contributed by atoms with Gasteiger partial charge in [0.25, 0.3) is 0 Å². The van der Waals surface area contributed by atoms with Gasteiger partial charge in [0.05, 0.1) is 12.6 Å². The van der Waals surface area contributed by atoms with Gasteiger partial charge in [-0.25, -0.2) is 4.39 Å². The van der Waals surface area contributed by atoms with E-state index in [2.05, 4.69) is 26.6 Å². The Labute approximate surface area is 254 Å². The Balaban J connectivity index is 2.82. The molecule has 0 aromatic heterocycles. The lowest BCUT2D eigenvalue weighted by molar-refractivity contribution is -0.138. The van der Waals surface area contributed by atoms with E-state index in [4.69, 9.17) is 16.6 Å². The highest BCUT2D eigenvalue weighted by Gasteiger charge is 2.32. The van der Waals surface area contributed by atoms with Gasteiger partial charge in [-0.05, 0) is 46.1 Å². The van der Waals surface area contributed by atoms with E-state index in [1.54, 1.807) is 24.3 Å². The Hall–Kier alpha value is -4.60. The lowest BCUT2D eigenvalue weighted by Crippen LogP contribution is -2.57. The van der Waals surface area contributed by atoms with Crippen LogP contribution in [0.2, 0.25) is 0 Å². The number of carbonyl (C=O) groups is 7. The van der Waals surface area contributed by atoms with Gasteiger partial charge in [0.1, 0.15) is 29.8 Å². The van der Waals surface area contributed by atoms with Crippen molar-refractivity contribution in [3.8, 4) is 0 Å². The van der Waals surface area contributed by atoms with Gasteiger partial charge in [-0.2, -0.15) is 0 Å². The summed E-state index contributed by atoms with van der Waals surface area (Å²) in [5, 5.41) is 20.5. The first-order valence-corrected chi connectivity index (χ1v) is 13.9. The number of carbonyl (C=O) groups excluding carboxylic acids is 6. The smallest absolute Gasteiger partial charge is 0.303 e. The molecule has 0 saturated carbocycles. The molecule has 0 spiro atoms. The number of benzene rings is 1. The van der Waals surface area contributed by atoms with Gasteiger partial charge in [0.2, 0.25) is 35.4 Å². The molecule has 5 atom stereocenters. The minimum atomic E-state index is -1.93. The normalized spacial score (nSPS) is 14.5. The summed E-state index contributed by atoms with van der Waals surface area (Å²) in [4.78, 5) is 85.4. The number of amides is 6. The van der Waals surface area contributed by atoms with Crippen LogP contribution in [-0.4, -0.2) is 88.9 Å². The lowest BCUT2D eigenvalue weighted by atomic mass is 9.99. The van der Waals surface area contributed by atoms with Gasteiger partial charge < -0.3 is 43.2 Å². The molecule has 0 saturated heterocycles. The molecule has 0 radical (unpaired) electrons. The fourth-order valence-electron chi connectivity index (χ4n) is 3.80. The third kappa shape index (κ3) is 14.5. The van der Waals surface area contributed by atoms with Gasteiger partial charge in [-0.3, -0.25) is 33.6 Å². The summed E-state index contributed by atoms with van der Waals surface area (Å²) >= 11 is 0. The van der Waals surface area contributed by atoms with Crippen molar-refractivity contribution in [3.63, 3.8) is 0 Å². The van der Waals surface area contributed by atoms with Crippen LogP contribution >= 0.6 is 0 Å². The summed E-state index contributed by atoms with van der Waals surface area (Å²) in [6, 6.07) is 2.92. The van der Waals surface area contributed by atoms with Gasteiger partial charge in [-0.15, -0.1) is 0 Å². The van der Waals surface area contributed by atoms with Gasteiger partial charge in [0, 0.05) is 12.8 Å². The molecule has 1 rings (SSSR count). The number of hydrogen-bond acceptors (Lipinski definition) is 8. The molecule has 16 heteroatoms. The Morgan fingerprint density at radius 3 is 1.98 bits per heavy atom. The summed E-state index contributed by atoms with van der Waals surface area (Å²) in [5.74, 6) is -6.26. The maximum Gasteiger partial charge on any atom is 0.303 e. The van der Waals surface area contributed by atoms with E-state index in [1.165, 1.54) is 27.7 Å². The van der Waals surface area contributed by atoms with Gasteiger partial charge in [0.15, 0.2) is 0 Å². The molecule has 0 unspecified atom stereocenters. The summed E-state index contributed by atoms with van der Waals surface area (Å²) in [7, 11) is 0. The molecule has 0 fully saturated rings. The van der Waals surface area contributed by atoms with Crippen molar-refractivity contribution < 1.29 is 43.1 Å². The predicted octanol–water partition coefficient (Wildman–Crippen LogP) is -1.86. The van der Waals surface area contributed by atoms with Crippen molar-refractivity contribution in [1.29, 1.82) is 0 Å². The molecule has 6 amide bonds. The third-order valence-electron chi connectivity index (χ3n) is 6.22. The second kappa shape index (κ2) is 17.5. The van der Waals surface area contributed by atoms with E-state index < -0.39 is 96.7 Å². The van der Waals surface area contributed by atoms with E-state index in [1.807, 2.05) is 6.07 Å². The summed E-state index contributed by atoms with van der Waals surface area (Å²) < 4.78 is 14.5. The number of carboxylic acids is 1. The number of rotatable bonds is 18. The van der Waals surface area contributed by atoms with E-state index in [0.717, 1.165) is 5.56 Å². The minimum absolute atomic E-state index is 0.215. The second-order valence-corrected chi connectivity index (χ2v) is 10.9. The van der Waals surface area contributed by atoms with Crippen LogP contribution in [-0.2, 0) is 40.0 Å². The zero-order chi connectivity index (χ0) is 33.6. The second-order valence-electron chi connectivity index (χ2n) is 10.9. The Morgan fingerprint density at radius 1 is 0.841 bits per heavy atom. The number of alkyl halides is 1. The monoisotopic (exact) mass is 622 g/mol. The van der Waals surface area contributed by atoms with Crippen LogP contribution in [0.25, 0.3) is 0 Å². The maximum absolute atomic E-state index is 14.5. The van der Waals surface area contributed by atoms with Crippen LogP contribution in [0.15, 0.2) is 30.3 Å². The van der Waals surface area contributed by atoms with Crippen LogP contribution in [0, 0.1) is 0 Å². The highest BCUT2D eigenvalue weighted by Crippen LogP contribution is 2.16. The average Bonchev–Trinajstić information content (AvgIpc) is 2.92. The zero-order valence-corrected chi connectivity index (χ0v) is 25.1. The van der Waals surface area contributed by atoms with Gasteiger partial charge >= 0.3 is 5.97 Å². The van der Waals surface area contributed by atoms with Crippen LogP contribution in [0.3, 0.4) is 0 Å². The molecule has 15 nitrogen and oxygen atoms in total. The average molecular weight is 623 g/mol. The number of nitrogens with two attached hydrogens (primary N) is 2. The van der Waals surface area contributed by atoms with Crippen molar-refractivity contribution in [1.82, 2.24) is 26.6 Å². The van der Waals surface area contributed by atoms with E-state index >= 15 is 0 Å². The number of halogens is 1. The predicted molar refractivity (Wildman–Crippen MR) is 156 cm³/mol. The first kappa shape index (κ1) is 37.4. The van der Waals surface area contributed by atoms with Crippen LogP contribution in [0.4, 0.5) is 4.39 Å². The van der Waals surface area contributed by atoms with E-state index in [-0.39, 0.29) is 12.8 Å². The van der Waals surface area contributed by atoms with E-state index in [0.29, 0.717) is 0 Å². The number of aliphatic carboxylic acids is 1. The first-order chi connectivity index (χ1) is 20.4. The van der Waals surface area contributed by atoms with Crippen molar-refractivity contribution in [3.05, 3.63) is 35.9 Å². The van der Waals surface area contributed by atoms with Crippen LogP contribution in [0.1, 0.15) is 52.5 Å². The third-order valence-corrected chi connectivity index (χ3v) is 6.22. The number of primary amides is 1. The fraction of sp³-hybridized carbons (Fsp3) is 0.536. The Kier molecular flexibility index (Phi) is 14.9. The fourth-order valence-corrected chi connectivity index (χ4v) is 3.80. The maximum atomic E-state index is 14.5. The summed E-state index contributed by atoms with van der Waals surface area (Å²) in [5.41, 5.74) is 9.95. The van der Waals surface area contributed by atoms with Crippen molar-refractivity contribution in [2.24, 2.45) is 11.5 Å². The highest BCUT2D eigenvalue weighted by atomic mass is 18.2. The van der Waals surface area contributed by atoms with Crippen LogP contribution < -0.4 is 38.1 Å². The molecule has 0 heterocycles. The Morgan fingerprint density at radius 2 is 1.43 bits per heavy atom. The molecule has 10 N–H and O–H groups in total. The Bertz CT molecular complexity index is 1190. The molecular formula is C28H42FN7O8. The topological polar surface area (TPSA) is 252 Å². The lowest BCUT2D eigenvalue weighted by Gasteiger charge is -2.25. The first-order valence-electron chi connectivity index (χ1n) is 13.9. The molecule has 0 aliphatic rings. The SMILES string of the molecule is C[C@H](NC(=O)[C@H](CCC(=O)O)NC(=O)CNC(=O)[C@H](CC(C)(C)[18F])NC(=O)[C@H](C)NC(=O)[C@@H](N)Cc1ccccc1)C(N)=O. The van der Waals surface area contributed by atoms with E-state index in [9.17, 15) is 38.0 Å². The molecule has 1 aromatic rings. The largest absolute Gasteiger partial charge is 0.481 e. The van der Waals surface area contributed by atoms with Crippen molar-refractivity contribution in [2.75, 3.05) is 6.54 Å². The molecule has 0 bridgehead atoms. The van der Waals surface area contributed by atoms with Crippen molar-refractivity contribution >= 4 is 41.4 Å². The number of hydrogen-bond donors (Lipinski definition) is 8. The summed E-state index contributed by atoms with van der Waals surface area (Å²) in [6.07, 6.45) is -1.11. The van der Waals surface area contributed by atoms with Crippen LogP contribution in [0.5, 0.6) is 0 Å². The van der Waals surface area contributed by atoms with Gasteiger partial charge in [-0.1, -0.05) is 30.3 Å². The minimum Gasteiger partial charge on any atom is -0.481 e. The number of carboxylic acid groups (broad SMARTS) is 1. The summed E-state index contributed by atoms with van der Waals surface area (Å²) in [6.45, 7) is 4.29. The van der Waals surface area contributed by atoms with Crippen molar-refractivity contribution in [2.45, 2.75) is 89.3 Å². The quantitative estimate of drug-likeness (QED) is 0.0912. The molecule has 1 aromatic carbocycles. The molecule has 244 valence electrons.